The van der Waals surface area contributed by atoms with Gasteiger partial charge in [0.1, 0.15) is 5.69 Å². The summed E-state index contributed by atoms with van der Waals surface area (Å²) in [4.78, 5) is 34.5. The van der Waals surface area contributed by atoms with Crippen molar-refractivity contribution in [2.45, 2.75) is 19.9 Å². The van der Waals surface area contributed by atoms with E-state index in [0.717, 1.165) is 53.9 Å². The molecule has 0 unspecified atom stereocenters. The molecule has 5 heterocycles. The van der Waals surface area contributed by atoms with Gasteiger partial charge >= 0.3 is 0 Å². The average molecular weight is 505 g/mol. The zero-order chi connectivity index (χ0) is 26.1. The highest BCUT2D eigenvalue weighted by Crippen LogP contribution is 2.33. The molecule has 1 aliphatic heterocycles. The summed E-state index contributed by atoms with van der Waals surface area (Å²) in [6, 6.07) is -0.236. The van der Waals surface area contributed by atoms with Crippen LogP contribution in [0.4, 0.5) is 17.3 Å². The molecule has 0 radical (unpaired) electrons. The van der Waals surface area contributed by atoms with E-state index in [1.54, 1.807) is 36.6 Å². The minimum atomic E-state index is -0.236. The number of hydrogen-bond donors (Lipinski definition) is 3. The number of H-pyrrole nitrogens is 1. The van der Waals surface area contributed by atoms with Gasteiger partial charge in [-0.1, -0.05) is 0 Å². The molecular formula is C25H32N10O2. The van der Waals surface area contributed by atoms with Crippen molar-refractivity contribution in [3.05, 3.63) is 36.5 Å². The van der Waals surface area contributed by atoms with Gasteiger partial charge in [0.05, 0.1) is 42.4 Å². The van der Waals surface area contributed by atoms with E-state index in [4.69, 9.17) is 9.72 Å². The maximum atomic E-state index is 13.1. The third-order valence-corrected chi connectivity index (χ3v) is 6.78. The summed E-state index contributed by atoms with van der Waals surface area (Å²) in [5.41, 5.74) is 4.63. The number of hydrogen-bond acceptors (Lipinski definition) is 9. The lowest BCUT2D eigenvalue weighted by Crippen LogP contribution is -2.51. The second kappa shape index (κ2) is 10.1. The van der Waals surface area contributed by atoms with Gasteiger partial charge in [-0.15, -0.1) is 5.10 Å². The maximum Gasteiger partial charge on any atom is 0.256 e. The first-order valence-corrected chi connectivity index (χ1v) is 12.2. The van der Waals surface area contributed by atoms with Crippen LogP contribution in [0.3, 0.4) is 0 Å². The number of nitrogens with zero attached hydrogens (tertiary/aromatic N) is 7. The second-order valence-electron chi connectivity index (χ2n) is 9.39. The van der Waals surface area contributed by atoms with Crippen LogP contribution in [0.1, 0.15) is 12.5 Å². The van der Waals surface area contributed by atoms with Crippen molar-refractivity contribution < 1.29 is 9.53 Å². The number of aromatic amines is 1. The number of anilines is 3. The summed E-state index contributed by atoms with van der Waals surface area (Å²) < 4.78 is 6.98. The molecule has 0 spiro atoms. The smallest absolute Gasteiger partial charge is 0.256 e. The Morgan fingerprint density at radius 3 is 2.68 bits per heavy atom. The molecule has 1 fully saturated rings. The number of nitrogens with one attached hydrogen (secondary N) is 3. The molecule has 0 aliphatic carbocycles. The number of pyridine rings is 1. The minimum absolute atomic E-state index is 0.0508. The molecule has 5 rings (SSSR count). The quantitative estimate of drug-likeness (QED) is 0.347. The maximum absolute atomic E-state index is 13.1. The number of piperazine rings is 1. The lowest BCUT2D eigenvalue weighted by molar-refractivity contribution is -0.121. The number of rotatable bonds is 7. The van der Waals surface area contributed by atoms with Crippen LogP contribution in [-0.4, -0.2) is 91.8 Å². The molecule has 4 aromatic rings. The van der Waals surface area contributed by atoms with Gasteiger partial charge in [0.2, 0.25) is 11.9 Å². The standard InChI is InChI=1S/C25H32N10O2/c1-15-10-28-25(30-20-14-34(4)32-24(20)37-5)31-21(15)18-12-27-22-17(18)11-26-13-19(22)29-23(36)16(2)35-8-6-33(3)7-9-35/h10-14,16,27H,6-9H2,1-5H3,(H,29,36)(H,28,30,31)/t16-/m1/s1. The zero-order valence-corrected chi connectivity index (χ0v) is 21.7. The first-order chi connectivity index (χ1) is 17.8. The number of likely N-dealkylation sites (N-methyl/N-ethyl adjacent to an activating group) is 1. The lowest BCUT2D eigenvalue weighted by atomic mass is 10.1. The number of methoxy groups -OCH3 is 1. The Morgan fingerprint density at radius 1 is 1.14 bits per heavy atom. The molecule has 12 heteroatoms. The highest BCUT2D eigenvalue weighted by Gasteiger charge is 2.25. The number of aryl methyl sites for hydroxylation is 2. The summed E-state index contributed by atoms with van der Waals surface area (Å²) in [5, 5.41) is 11.4. The van der Waals surface area contributed by atoms with Crippen LogP contribution >= 0.6 is 0 Å². The Balaban J connectivity index is 1.40. The molecule has 1 aliphatic rings. The molecule has 0 saturated carbocycles. The average Bonchev–Trinajstić information content (AvgIpc) is 3.48. The third-order valence-electron chi connectivity index (χ3n) is 6.78. The fourth-order valence-electron chi connectivity index (χ4n) is 4.55. The Bertz CT molecular complexity index is 1420. The summed E-state index contributed by atoms with van der Waals surface area (Å²) in [5.74, 6) is 0.820. The lowest BCUT2D eigenvalue weighted by Gasteiger charge is -2.35. The van der Waals surface area contributed by atoms with E-state index in [0.29, 0.717) is 23.2 Å². The van der Waals surface area contributed by atoms with Gasteiger partial charge in [-0.3, -0.25) is 19.4 Å². The fourth-order valence-corrected chi connectivity index (χ4v) is 4.55. The van der Waals surface area contributed by atoms with E-state index in [-0.39, 0.29) is 11.9 Å². The molecule has 1 saturated heterocycles. The van der Waals surface area contributed by atoms with E-state index in [1.807, 2.05) is 27.1 Å². The number of amides is 1. The van der Waals surface area contributed by atoms with Gasteiger partial charge in [0.25, 0.3) is 5.88 Å². The number of fused-ring (bicyclic) bond motifs is 1. The van der Waals surface area contributed by atoms with Gasteiger partial charge in [-0.25, -0.2) is 9.97 Å². The van der Waals surface area contributed by atoms with Crippen LogP contribution in [0.5, 0.6) is 5.88 Å². The van der Waals surface area contributed by atoms with Gasteiger partial charge in [-0.05, 0) is 26.5 Å². The Hall–Kier alpha value is -4.03. The molecule has 0 bridgehead atoms. The SMILES string of the molecule is COc1nn(C)cc1Nc1ncc(C)c(-c2c[nH]c3c(NC(=O)[C@@H](C)N4CCN(C)CC4)cncc23)n1. The fraction of sp³-hybridized carbons (Fsp3) is 0.400. The zero-order valence-electron chi connectivity index (χ0n) is 21.7. The third kappa shape index (κ3) is 4.98. The topological polar surface area (TPSA) is 129 Å². The second-order valence-corrected chi connectivity index (χ2v) is 9.39. The highest BCUT2D eigenvalue weighted by atomic mass is 16.5. The number of ether oxygens (including phenoxy) is 1. The van der Waals surface area contributed by atoms with E-state index in [2.05, 4.69) is 47.5 Å². The van der Waals surface area contributed by atoms with Crippen molar-refractivity contribution >= 4 is 34.1 Å². The van der Waals surface area contributed by atoms with Crippen molar-refractivity contribution in [2.24, 2.45) is 7.05 Å². The van der Waals surface area contributed by atoms with Gasteiger partial charge in [0, 0.05) is 62.8 Å². The van der Waals surface area contributed by atoms with Crippen molar-refractivity contribution in [1.29, 1.82) is 0 Å². The van der Waals surface area contributed by atoms with Gasteiger partial charge in [-0.2, -0.15) is 0 Å². The monoisotopic (exact) mass is 504 g/mol. The molecule has 194 valence electrons. The molecular weight excluding hydrogens is 472 g/mol. The van der Waals surface area contributed by atoms with Crippen LogP contribution < -0.4 is 15.4 Å². The number of aromatic nitrogens is 6. The van der Waals surface area contributed by atoms with Crippen LogP contribution in [-0.2, 0) is 11.8 Å². The largest absolute Gasteiger partial charge is 0.478 e. The first-order valence-electron chi connectivity index (χ1n) is 12.2. The molecule has 1 atom stereocenters. The van der Waals surface area contributed by atoms with E-state index < -0.39 is 0 Å². The Kier molecular flexibility index (Phi) is 6.76. The summed E-state index contributed by atoms with van der Waals surface area (Å²) >= 11 is 0. The van der Waals surface area contributed by atoms with Crippen LogP contribution in [0.15, 0.2) is 31.0 Å². The summed E-state index contributed by atoms with van der Waals surface area (Å²) in [6.07, 6.45) is 8.90. The minimum Gasteiger partial charge on any atom is -0.478 e. The number of carbonyl (C=O) groups excluding carboxylic acids is 1. The van der Waals surface area contributed by atoms with E-state index in [1.165, 1.54) is 0 Å². The van der Waals surface area contributed by atoms with Crippen molar-refractivity contribution in [2.75, 3.05) is 51.0 Å². The Morgan fingerprint density at radius 2 is 1.92 bits per heavy atom. The van der Waals surface area contributed by atoms with Crippen LogP contribution in [0, 0.1) is 6.92 Å². The summed E-state index contributed by atoms with van der Waals surface area (Å²) in [6.45, 7) is 7.56. The summed E-state index contributed by atoms with van der Waals surface area (Å²) in [7, 11) is 5.48. The van der Waals surface area contributed by atoms with E-state index in [9.17, 15) is 4.79 Å². The van der Waals surface area contributed by atoms with Crippen molar-refractivity contribution in [3.63, 3.8) is 0 Å². The van der Waals surface area contributed by atoms with Crippen LogP contribution in [0.2, 0.25) is 0 Å². The predicted molar refractivity (Wildman–Crippen MR) is 142 cm³/mol. The molecule has 0 aromatic carbocycles. The molecule has 12 nitrogen and oxygen atoms in total. The predicted octanol–water partition coefficient (Wildman–Crippen LogP) is 2.39. The molecule has 1 amide bonds. The first kappa shape index (κ1) is 24.7. The van der Waals surface area contributed by atoms with Crippen LogP contribution in [0.25, 0.3) is 22.2 Å². The molecule has 4 aromatic heterocycles. The van der Waals surface area contributed by atoms with E-state index >= 15 is 0 Å². The Labute approximate surface area is 215 Å². The van der Waals surface area contributed by atoms with Crippen molar-refractivity contribution in [1.82, 2.24) is 39.5 Å². The van der Waals surface area contributed by atoms with Crippen molar-refractivity contribution in [3.8, 4) is 17.1 Å². The van der Waals surface area contributed by atoms with Gasteiger partial charge in [0.15, 0.2) is 0 Å². The highest BCUT2D eigenvalue weighted by molar-refractivity contribution is 6.06. The number of carbonyl (C=O) groups is 1. The normalized spacial score (nSPS) is 15.6. The molecule has 3 N–H and O–H groups in total. The van der Waals surface area contributed by atoms with Gasteiger partial charge < -0.3 is 25.3 Å². The molecule has 37 heavy (non-hydrogen) atoms.